The van der Waals surface area contributed by atoms with Crippen LogP contribution in [0.4, 0.5) is 11.4 Å². The third kappa shape index (κ3) is 8.29. The SMILES string of the molecule is CC(C)(OC(=O)c1cc(SSc2ccc([N+](=O)[O-])c(C(=O)OC(C)(C)C3CCNCC3)c2)ccc1[N+](=O)[O-])C1CCNCC1. The molecule has 0 spiro atoms. The van der Waals surface area contributed by atoms with E-state index < -0.39 is 33.0 Å². The normalized spacial score (nSPS) is 16.7. The lowest BCUT2D eigenvalue weighted by molar-refractivity contribution is -0.385. The molecule has 44 heavy (non-hydrogen) atoms. The molecule has 0 bridgehead atoms. The zero-order valence-corrected chi connectivity index (χ0v) is 26.9. The highest BCUT2D eigenvalue weighted by Gasteiger charge is 2.37. The Kier molecular flexibility index (Phi) is 10.9. The van der Waals surface area contributed by atoms with Gasteiger partial charge in [-0.05, 0) is 104 Å². The van der Waals surface area contributed by atoms with E-state index >= 15 is 0 Å². The van der Waals surface area contributed by atoms with E-state index in [1.54, 1.807) is 0 Å². The van der Waals surface area contributed by atoms with E-state index in [4.69, 9.17) is 9.47 Å². The summed E-state index contributed by atoms with van der Waals surface area (Å²) < 4.78 is 11.7. The fraction of sp³-hybridized carbons (Fsp3) is 0.533. The standard InChI is InChI=1S/C30H38N4O8S2/c1-29(2,19-9-13-31-14-10-19)41-27(35)23-17-21(5-7-25(23)33(37)38)43-44-22-6-8-26(34(39)40)24(18-22)28(36)42-30(3,4)20-11-15-32-16-12-20/h5-8,17-20,31-32H,9-16H2,1-4H3. The summed E-state index contributed by atoms with van der Waals surface area (Å²) in [6, 6.07) is 8.40. The third-order valence-electron chi connectivity index (χ3n) is 8.36. The summed E-state index contributed by atoms with van der Waals surface area (Å²) in [6.07, 6.45) is 3.31. The van der Waals surface area contributed by atoms with Gasteiger partial charge in [-0.15, -0.1) is 0 Å². The van der Waals surface area contributed by atoms with Gasteiger partial charge in [0.1, 0.15) is 22.3 Å². The smallest absolute Gasteiger partial charge is 0.345 e. The Balaban J connectivity index is 1.51. The topological polar surface area (TPSA) is 163 Å². The van der Waals surface area contributed by atoms with Gasteiger partial charge in [-0.25, -0.2) is 9.59 Å². The van der Waals surface area contributed by atoms with E-state index in [9.17, 15) is 29.8 Å². The highest BCUT2D eigenvalue weighted by Crippen LogP contribution is 2.41. The molecular formula is C30H38N4O8S2. The van der Waals surface area contributed by atoms with Crippen LogP contribution in [0.1, 0.15) is 74.1 Å². The Hall–Kier alpha value is -3.20. The zero-order chi connectivity index (χ0) is 32.1. The number of esters is 2. The molecular weight excluding hydrogens is 608 g/mol. The maximum atomic E-state index is 13.2. The summed E-state index contributed by atoms with van der Waals surface area (Å²) in [5, 5.41) is 30.0. The highest BCUT2D eigenvalue weighted by atomic mass is 33.1. The first kappa shape index (κ1) is 33.7. The van der Waals surface area contributed by atoms with Crippen LogP contribution in [0.2, 0.25) is 0 Å². The molecule has 2 fully saturated rings. The number of carbonyl (C=O) groups excluding carboxylic acids is 2. The number of carbonyl (C=O) groups is 2. The summed E-state index contributed by atoms with van der Waals surface area (Å²) >= 11 is 0. The molecule has 0 radical (unpaired) electrons. The number of benzene rings is 2. The average molecular weight is 647 g/mol. The molecule has 2 aromatic rings. The van der Waals surface area contributed by atoms with Crippen LogP contribution in [0.15, 0.2) is 46.2 Å². The number of rotatable bonds is 11. The molecule has 0 atom stereocenters. The van der Waals surface area contributed by atoms with Crippen LogP contribution in [-0.2, 0) is 9.47 Å². The Morgan fingerprint density at radius 3 is 1.36 bits per heavy atom. The van der Waals surface area contributed by atoms with Crippen molar-refractivity contribution >= 4 is 44.9 Å². The second kappa shape index (κ2) is 14.3. The van der Waals surface area contributed by atoms with Crippen molar-refractivity contribution in [2.75, 3.05) is 26.2 Å². The van der Waals surface area contributed by atoms with Gasteiger partial charge in [0.05, 0.1) is 9.85 Å². The molecule has 0 amide bonds. The molecule has 2 aliphatic heterocycles. The van der Waals surface area contributed by atoms with Crippen molar-refractivity contribution in [3.63, 3.8) is 0 Å². The second-order valence-electron chi connectivity index (χ2n) is 12.1. The molecule has 0 saturated carbocycles. The molecule has 2 aliphatic rings. The average Bonchev–Trinajstić information content (AvgIpc) is 3.00. The van der Waals surface area contributed by atoms with Crippen molar-refractivity contribution in [1.29, 1.82) is 0 Å². The summed E-state index contributed by atoms with van der Waals surface area (Å²) in [5.41, 5.74) is -2.65. The maximum absolute atomic E-state index is 13.2. The first-order valence-electron chi connectivity index (χ1n) is 14.6. The molecule has 2 N–H and O–H groups in total. The molecule has 0 aromatic heterocycles. The lowest BCUT2D eigenvalue weighted by Crippen LogP contribution is -2.42. The Morgan fingerprint density at radius 2 is 1.05 bits per heavy atom. The molecule has 2 saturated heterocycles. The van der Waals surface area contributed by atoms with Crippen molar-refractivity contribution in [1.82, 2.24) is 10.6 Å². The Morgan fingerprint density at radius 1 is 0.705 bits per heavy atom. The van der Waals surface area contributed by atoms with E-state index in [-0.39, 0.29) is 34.3 Å². The molecule has 0 unspecified atom stereocenters. The number of piperidine rings is 2. The fourth-order valence-electron chi connectivity index (χ4n) is 5.66. The lowest BCUT2D eigenvalue weighted by Gasteiger charge is -2.36. The van der Waals surface area contributed by atoms with Gasteiger partial charge in [0.25, 0.3) is 11.4 Å². The minimum atomic E-state index is -0.808. The predicted molar refractivity (Wildman–Crippen MR) is 168 cm³/mol. The van der Waals surface area contributed by atoms with Crippen LogP contribution in [0.5, 0.6) is 0 Å². The number of nitrogens with one attached hydrogen (secondary N) is 2. The minimum absolute atomic E-state index is 0.119. The summed E-state index contributed by atoms with van der Waals surface area (Å²) in [6.45, 7) is 10.6. The summed E-state index contributed by atoms with van der Waals surface area (Å²) in [5.74, 6) is -1.31. The number of ether oxygens (including phenoxy) is 2. The van der Waals surface area contributed by atoms with E-state index in [0.717, 1.165) is 51.9 Å². The van der Waals surface area contributed by atoms with Gasteiger partial charge in [-0.2, -0.15) is 0 Å². The largest absolute Gasteiger partial charge is 0.456 e. The van der Waals surface area contributed by atoms with E-state index in [1.807, 2.05) is 27.7 Å². The Labute approximate surface area is 264 Å². The van der Waals surface area contributed by atoms with Crippen molar-refractivity contribution in [2.24, 2.45) is 11.8 Å². The van der Waals surface area contributed by atoms with Crippen molar-refractivity contribution in [3.05, 3.63) is 67.8 Å². The van der Waals surface area contributed by atoms with Crippen LogP contribution < -0.4 is 10.6 Å². The van der Waals surface area contributed by atoms with Crippen LogP contribution in [-0.4, -0.2) is 59.2 Å². The monoisotopic (exact) mass is 646 g/mol. The van der Waals surface area contributed by atoms with Gasteiger partial charge in [0.2, 0.25) is 0 Å². The summed E-state index contributed by atoms with van der Waals surface area (Å²) in [4.78, 5) is 49.8. The highest BCUT2D eigenvalue weighted by molar-refractivity contribution is 8.76. The lowest BCUT2D eigenvalue weighted by atomic mass is 9.83. The molecule has 14 heteroatoms. The van der Waals surface area contributed by atoms with Crippen molar-refractivity contribution < 1.29 is 28.9 Å². The Bertz CT molecular complexity index is 1300. The number of nitro groups is 2. The number of nitro benzene ring substituents is 2. The van der Waals surface area contributed by atoms with Crippen molar-refractivity contribution in [2.45, 2.75) is 74.4 Å². The van der Waals surface area contributed by atoms with Crippen LogP contribution in [0, 0.1) is 32.1 Å². The number of hydrogen-bond donors (Lipinski definition) is 2. The van der Waals surface area contributed by atoms with Crippen LogP contribution in [0.25, 0.3) is 0 Å². The van der Waals surface area contributed by atoms with Crippen molar-refractivity contribution in [3.8, 4) is 0 Å². The second-order valence-corrected chi connectivity index (χ2v) is 14.3. The predicted octanol–water partition coefficient (Wildman–Crippen LogP) is 6.17. The van der Waals surface area contributed by atoms with Gasteiger partial charge >= 0.3 is 11.9 Å². The first-order chi connectivity index (χ1) is 20.8. The minimum Gasteiger partial charge on any atom is -0.456 e. The number of nitrogens with zero attached hydrogens (tertiary/aromatic N) is 2. The molecule has 4 rings (SSSR count). The van der Waals surface area contributed by atoms with E-state index in [1.165, 1.54) is 58.0 Å². The van der Waals surface area contributed by atoms with Gasteiger partial charge in [0.15, 0.2) is 0 Å². The van der Waals surface area contributed by atoms with Crippen LogP contribution >= 0.6 is 21.6 Å². The van der Waals surface area contributed by atoms with Crippen LogP contribution in [0.3, 0.4) is 0 Å². The van der Waals surface area contributed by atoms with Gasteiger partial charge in [-0.1, -0.05) is 21.6 Å². The van der Waals surface area contributed by atoms with Gasteiger partial charge in [0, 0.05) is 33.8 Å². The molecule has 238 valence electrons. The molecule has 2 heterocycles. The van der Waals surface area contributed by atoms with Gasteiger partial charge < -0.3 is 20.1 Å². The number of hydrogen-bond acceptors (Lipinski definition) is 12. The summed E-state index contributed by atoms with van der Waals surface area (Å²) in [7, 11) is 2.38. The van der Waals surface area contributed by atoms with E-state index in [2.05, 4.69) is 10.6 Å². The molecule has 2 aromatic carbocycles. The zero-order valence-electron chi connectivity index (χ0n) is 25.3. The fourth-order valence-corrected chi connectivity index (χ4v) is 7.64. The quantitative estimate of drug-likeness (QED) is 0.124. The van der Waals surface area contributed by atoms with E-state index in [0.29, 0.717) is 9.79 Å². The first-order valence-corrected chi connectivity index (χ1v) is 16.7. The maximum Gasteiger partial charge on any atom is 0.345 e. The van der Waals surface area contributed by atoms with Gasteiger partial charge in [-0.3, -0.25) is 20.2 Å². The third-order valence-corrected chi connectivity index (χ3v) is 10.7. The molecule has 0 aliphatic carbocycles. The molecule has 12 nitrogen and oxygen atoms in total.